The van der Waals surface area contributed by atoms with Gasteiger partial charge < -0.3 is 4.74 Å². The normalized spacial score (nSPS) is 17.8. The third-order valence-corrected chi connectivity index (χ3v) is 4.17. The molecule has 0 fully saturated rings. The second-order valence-electron chi connectivity index (χ2n) is 4.05. The minimum atomic E-state index is 0.310. The summed E-state index contributed by atoms with van der Waals surface area (Å²) in [6, 6.07) is 8.22. The molecule has 2 heterocycles. The fraction of sp³-hybridized carbons (Fsp3) is 0.308. The van der Waals surface area contributed by atoms with Crippen molar-refractivity contribution in [1.82, 2.24) is 4.98 Å². The highest BCUT2D eigenvalue weighted by Gasteiger charge is 2.27. The van der Waals surface area contributed by atoms with Crippen molar-refractivity contribution in [3.05, 3.63) is 45.9 Å². The zero-order valence-electron chi connectivity index (χ0n) is 9.30. The Hall–Kier alpha value is -1.00. The van der Waals surface area contributed by atoms with Gasteiger partial charge in [-0.25, -0.2) is 4.98 Å². The molecule has 17 heavy (non-hydrogen) atoms. The van der Waals surface area contributed by atoms with Crippen LogP contribution in [0.3, 0.4) is 0 Å². The van der Waals surface area contributed by atoms with Gasteiger partial charge in [-0.15, -0.1) is 11.3 Å². The number of aryl methyl sites for hydroxylation is 1. The molecule has 0 aliphatic carbocycles. The molecule has 0 saturated carbocycles. The van der Waals surface area contributed by atoms with Crippen molar-refractivity contribution in [3.8, 4) is 5.75 Å². The Morgan fingerprint density at radius 3 is 3.18 bits per heavy atom. The molecule has 3 rings (SSSR count). The molecule has 0 N–H and O–H groups in total. The fourth-order valence-electron chi connectivity index (χ4n) is 2.08. The van der Waals surface area contributed by atoms with E-state index >= 15 is 0 Å². The van der Waals surface area contributed by atoms with Crippen LogP contribution in [0.15, 0.2) is 29.6 Å². The number of hydrogen-bond donors (Lipinski definition) is 1. The molecule has 2 nitrogen and oxygen atoms in total. The summed E-state index contributed by atoms with van der Waals surface area (Å²) in [7, 11) is 0. The lowest BCUT2D eigenvalue weighted by molar-refractivity contribution is 0.343. The number of para-hydroxylation sites is 1. The molecule has 4 heteroatoms. The SMILES string of the molecule is SCCc1csc(C2COc3ccccc32)n1. The minimum absolute atomic E-state index is 0.310. The van der Waals surface area contributed by atoms with Crippen LogP contribution in [0, 0.1) is 0 Å². The van der Waals surface area contributed by atoms with Crippen LogP contribution in [-0.4, -0.2) is 17.3 Å². The predicted molar refractivity (Wildman–Crippen MR) is 73.5 cm³/mol. The second-order valence-corrected chi connectivity index (χ2v) is 5.39. The van der Waals surface area contributed by atoms with Crippen LogP contribution in [0.5, 0.6) is 5.75 Å². The van der Waals surface area contributed by atoms with Gasteiger partial charge >= 0.3 is 0 Å². The van der Waals surface area contributed by atoms with E-state index < -0.39 is 0 Å². The van der Waals surface area contributed by atoms with Crippen LogP contribution in [0.1, 0.15) is 22.2 Å². The van der Waals surface area contributed by atoms with E-state index in [0.29, 0.717) is 12.5 Å². The first-order chi connectivity index (χ1) is 8.38. The first-order valence-corrected chi connectivity index (χ1v) is 7.16. The summed E-state index contributed by atoms with van der Waals surface area (Å²) >= 11 is 5.96. The van der Waals surface area contributed by atoms with E-state index in [-0.39, 0.29) is 0 Å². The van der Waals surface area contributed by atoms with E-state index in [1.807, 2.05) is 12.1 Å². The molecule has 0 saturated heterocycles. The Bertz CT molecular complexity index is 524. The standard InChI is InChI=1S/C13H13NOS2/c16-6-5-9-8-17-13(14-9)11-7-15-12-4-2-1-3-10(11)12/h1-4,8,11,16H,5-7H2. The van der Waals surface area contributed by atoms with Crippen molar-refractivity contribution in [3.63, 3.8) is 0 Å². The van der Waals surface area contributed by atoms with Crippen LogP contribution in [-0.2, 0) is 6.42 Å². The van der Waals surface area contributed by atoms with Crippen molar-refractivity contribution in [2.75, 3.05) is 12.4 Å². The van der Waals surface area contributed by atoms with Gasteiger partial charge in [-0.3, -0.25) is 0 Å². The number of thiazole rings is 1. The number of aromatic nitrogens is 1. The second kappa shape index (κ2) is 4.70. The number of fused-ring (bicyclic) bond motifs is 1. The summed E-state index contributed by atoms with van der Waals surface area (Å²) in [5.74, 6) is 2.16. The zero-order valence-corrected chi connectivity index (χ0v) is 11.0. The van der Waals surface area contributed by atoms with E-state index in [9.17, 15) is 0 Å². The predicted octanol–water partition coefficient (Wildman–Crippen LogP) is 3.14. The number of rotatable bonds is 3. The Labute approximate surface area is 110 Å². The summed E-state index contributed by atoms with van der Waals surface area (Å²) in [5, 5.41) is 3.29. The summed E-state index contributed by atoms with van der Waals surface area (Å²) in [6.07, 6.45) is 0.939. The molecule has 0 spiro atoms. The van der Waals surface area contributed by atoms with E-state index in [1.54, 1.807) is 11.3 Å². The third kappa shape index (κ3) is 2.07. The van der Waals surface area contributed by atoms with Gasteiger partial charge in [0, 0.05) is 10.9 Å². The van der Waals surface area contributed by atoms with Gasteiger partial charge in [-0.2, -0.15) is 12.6 Å². The van der Waals surface area contributed by atoms with Crippen LogP contribution in [0.4, 0.5) is 0 Å². The largest absolute Gasteiger partial charge is 0.492 e. The van der Waals surface area contributed by atoms with E-state index in [2.05, 4.69) is 35.1 Å². The molecule has 0 amide bonds. The number of hydrogen-bond acceptors (Lipinski definition) is 4. The number of nitrogens with zero attached hydrogens (tertiary/aromatic N) is 1. The lowest BCUT2D eigenvalue weighted by atomic mass is 10.0. The number of thiol groups is 1. The van der Waals surface area contributed by atoms with Gasteiger partial charge in [-0.1, -0.05) is 18.2 Å². The maximum absolute atomic E-state index is 5.69. The monoisotopic (exact) mass is 263 g/mol. The molecule has 1 aromatic carbocycles. The van der Waals surface area contributed by atoms with Crippen molar-refractivity contribution in [2.24, 2.45) is 0 Å². The Morgan fingerprint density at radius 1 is 1.41 bits per heavy atom. The van der Waals surface area contributed by atoms with Crippen molar-refractivity contribution in [2.45, 2.75) is 12.3 Å². The van der Waals surface area contributed by atoms with Crippen LogP contribution < -0.4 is 4.74 Å². The van der Waals surface area contributed by atoms with Gasteiger partial charge in [0.25, 0.3) is 0 Å². The van der Waals surface area contributed by atoms with Crippen molar-refractivity contribution >= 4 is 24.0 Å². The number of ether oxygens (including phenoxy) is 1. The first-order valence-electron chi connectivity index (χ1n) is 5.65. The molecular weight excluding hydrogens is 250 g/mol. The molecule has 1 aliphatic heterocycles. The summed E-state index contributed by atoms with van der Waals surface area (Å²) in [5.41, 5.74) is 2.41. The molecule has 1 atom stereocenters. The lowest BCUT2D eigenvalue weighted by Gasteiger charge is -2.03. The van der Waals surface area contributed by atoms with Crippen LogP contribution in [0.25, 0.3) is 0 Å². The van der Waals surface area contributed by atoms with Crippen molar-refractivity contribution < 1.29 is 4.74 Å². The number of benzene rings is 1. The highest BCUT2D eigenvalue weighted by Crippen LogP contribution is 2.38. The highest BCUT2D eigenvalue weighted by atomic mass is 32.1. The average molecular weight is 263 g/mol. The van der Waals surface area contributed by atoms with Crippen LogP contribution in [0.2, 0.25) is 0 Å². The summed E-state index contributed by atoms with van der Waals surface area (Å²) < 4.78 is 5.69. The Kier molecular flexibility index (Phi) is 3.07. The zero-order chi connectivity index (χ0) is 11.7. The van der Waals surface area contributed by atoms with Gasteiger partial charge in [0.2, 0.25) is 0 Å². The Balaban J connectivity index is 1.90. The Morgan fingerprint density at radius 2 is 2.29 bits per heavy atom. The molecule has 2 aromatic rings. The van der Waals surface area contributed by atoms with Crippen LogP contribution >= 0.6 is 24.0 Å². The smallest absolute Gasteiger partial charge is 0.123 e. The maximum Gasteiger partial charge on any atom is 0.123 e. The van der Waals surface area contributed by atoms with Gasteiger partial charge in [-0.05, 0) is 18.2 Å². The highest BCUT2D eigenvalue weighted by molar-refractivity contribution is 7.80. The molecule has 1 aliphatic rings. The third-order valence-electron chi connectivity index (χ3n) is 2.94. The van der Waals surface area contributed by atoms with Crippen molar-refractivity contribution in [1.29, 1.82) is 0 Å². The molecule has 88 valence electrons. The van der Waals surface area contributed by atoms with Gasteiger partial charge in [0.15, 0.2) is 0 Å². The van der Waals surface area contributed by atoms with E-state index in [4.69, 9.17) is 4.74 Å². The van der Waals surface area contributed by atoms with Gasteiger partial charge in [0.05, 0.1) is 11.6 Å². The van der Waals surface area contributed by atoms with E-state index in [0.717, 1.165) is 28.6 Å². The summed E-state index contributed by atoms with van der Waals surface area (Å²) in [6.45, 7) is 0.715. The summed E-state index contributed by atoms with van der Waals surface area (Å²) in [4.78, 5) is 4.67. The molecule has 1 unspecified atom stereocenters. The fourth-order valence-corrected chi connectivity index (χ4v) is 3.26. The average Bonchev–Trinajstić information content (AvgIpc) is 2.95. The van der Waals surface area contributed by atoms with Gasteiger partial charge in [0.1, 0.15) is 17.4 Å². The first kappa shape index (κ1) is 11.1. The maximum atomic E-state index is 5.69. The topological polar surface area (TPSA) is 22.1 Å². The molecule has 0 radical (unpaired) electrons. The molecule has 1 aromatic heterocycles. The lowest BCUT2D eigenvalue weighted by Crippen LogP contribution is -2.02. The molecular formula is C13H13NOS2. The minimum Gasteiger partial charge on any atom is -0.492 e. The molecule has 0 bridgehead atoms. The quantitative estimate of drug-likeness (QED) is 0.859. The van der Waals surface area contributed by atoms with E-state index in [1.165, 1.54) is 5.56 Å².